The second kappa shape index (κ2) is 8.74. The third kappa shape index (κ3) is 3.88. The smallest absolute Gasteiger partial charge is 0.226 e. The third-order valence-electron chi connectivity index (χ3n) is 6.22. The van der Waals surface area contributed by atoms with Crippen LogP contribution < -0.4 is 5.32 Å². The molecule has 0 aliphatic heterocycles. The zero-order valence-corrected chi connectivity index (χ0v) is 19.8. The van der Waals surface area contributed by atoms with Gasteiger partial charge in [0.15, 0.2) is 0 Å². The van der Waals surface area contributed by atoms with Crippen LogP contribution in [0, 0.1) is 5.92 Å². The van der Waals surface area contributed by atoms with Crippen LogP contribution >= 0.6 is 0 Å². The van der Waals surface area contributed by atoms with Gasteiger partial charge in [-0.2, -0.15) is 5.10 Å². The summed E-state index contributed by atoms with van der Waals surface area (Å²) >= 11 is 0. The number of anilines is 1. The Kier molecular flexibility index (Phi) is 5.26. The van der Waals surface area contributed by atoms with Crippen LogP contribution in [0.2, 0.25) is 0 Å². The lowest BCUT2D eigenvalue weighted by atomic mass is 10.0. The van der Waals surface area contributed by atoms with E-state index < -0.39 is 0 Å². The van der Waals surface area contributed by atoms with Crippen LogP contribution in [-0.4, -0.2) is 36.0 Å². The van der Waals surface area contributed by atoms with Crippen LogP contribution in [0.4, 0.5) is 5.69 Å². The molecule has 0 atom stereocenters. The molecule has 0 radical (unpaired) electrons. The first-order chi connectivity index (χ1) is 17.6. The number of carbonyl (C=O) groups excluding carboxylic acids is 1. The van der Waals surface area contributed by atoms with Gasteiger partial charge in [-0.3, -0.25) is 24.8 Å². The van der Waals surface area contributed by atoms with Gasteiger partial charge >= 0.3 is 0 Å². The van der Waals surface area contributed by atoms with Crippen molar-refractivity contribution in [2.45, 2.75) is 13.8 Å². The second-order valence-electron chi connectivity index (χ2n) is 9.01. The number of fused-ring (bicyclic) bond motifs is 2. The Morgan fingerprint density at radius 3 is 2.47 bits per heavy atom. The van der Waals surface area contributed by atoms with Gasteiger partial charge < -0.3 is 10.3 Å². The zero-order valence-electron chi connectivity index (χ0n) is 19.8. The number of benzene rings is 1. The van der Waals surface area contributed by atoms with Crippen LogP contribution in [0.25, 0.3) is 55.4 Å². The lowest BCUT2D eigenvalue weighted by Gasteiger charge is -2.09. The van der Waals surface area contributed by atoms with Crippen molar-refractivity contribution in [1.29, 1.82) is 0 Å². The summed E-state index contributed by atoms with van der Waals surface area (Å²) < 4.78 is 0. The summed E-state index contributed by atoms with van der Waals surface area (Å²) in [6, 6.07) is 14.1. The number of aromatic nitrogens is 6. The third-order valence-corrected chi connectivity index (χ3v) is 6.22. The van der Waals surface area contributed by atoms with Crippen molar-refractivity contribution in [3.05, 3.63) is 79.6 Å². The Morgan fingerprint density at radius 2 is 1.64 bits per heavy atom. The van der Waals surface area contributed by atoms with Crippen molar-refractivity contribution in [2.24, 2.45) is 5.92 Å². The Morgan fingerprint density at radius 1 is 0.806 bits per heavy atom. The van der Waals surface area contributed by atoms with Gasteiger partial charge in [0.05, 0.1) is 34.8 Å². The molecule has 5 heterocycles. The standard InChI is InChI=1S/C28H23N7O/c1-16(2)28(36)32-20-9-19(12-30-13-20)18-3-4-24-22(10-18)27(35-34-24)25-11-21-23(14-31-15-26(21)33-25)17-5-7-29-8-6-17/h3-16,33H,1-2H3,(H,32,36)(H,34,35). The molecule has 0 aliphatic rings. The van der Waals surface area contributed by atoms with E-state index in [0.29, 0.717) is 5.69 Å². The number of H-pyrrole nitrogens is 2. The minimum Gasteiger partial charge on any atom is -0.352 e. The molecule has 1 aromatic carbocycles. The number of aromatic amines is 2. The molecule has 0 aliphatic carbocycles. The Hall–Kier alpha value is -4.85. The highest BCUT2D eigenvalue weighted by molar-refractivity contribution is 6.01. The fraction of sp³-hybridized carbons (Fsp3) is 0.107. The summed E-state index contributed by atoms with van der Waals surface area (Å²) in [6.07, 6.45) is 10.7. The summed E-state index contributed by atoms with van der Waals surface area (Å²) in [5.74, 6) is -0.148. The van der Waals surface area contributed by atoms with Crippen LogP contribution in [0.1, 0.15) is 13.8 Å². The molecule has 0 saturated heterocycles. The van der Waals surface area contributed by atoms with Gasteiger partial charge in [0.1, 0.15) is 5.69 Å². The number of nitrogens with zero attached hydrogens (tertiary/aromatic N) is 4. The molecule has 8 heteroatoms. The maximum atomic E-state index is 12.1. The summed E-state index contributed by atoms with van der Waals surface area (Å²) in [5, 5.41) is 12.7. The molecule has 0 spiro atoms. The van der Waals surface area contributed by atoms with E-state index >= 15 is 0 Å². The number of nitrogens with one attached hydrogen (secondary N) is 3. The highest BCUT2D eigenvalue weighted by Gasteiger charge is 2.15. The first kappa shape index (κ1) is 21.7. The normalized spacial score (nSPS) is 11.4. The zero-order chi connectivity index (χ0) is 24.6. The van der Waals surface area contributed by atoms with Crippen molar-refractivity contribution in [3.63, 3.8) is 0 Å². The number of pyridine rings is 3. The van der Waals surface area contributed by atoms with E-state index in [1.165, 1.54) is 0 Å². The maximum Gasteiger partial charge on any atom is 0.226 e. The molecule has 0 saturated carbocycles. The minimum atomic E-state index is -0.107. The van der Waals surface area contributed by atoms with E-state index in [2.05, 4.69) is 47.6 Å². The van der Waals surface area contributed by atoms with E-state index in [0.717, 1.165) is 55.4 Å². The van der Waals surface area contributed by atoms with Crippen LogP contribution in [0.15, 0.2) is 79.6 Å². The minimum absolute atomic E-state index is 0.0408. The average Bonchev–Trinajstić information content (AvgIpc) is 3.53. The first-order valence-electron chi connectivity index (χ1n) is 11.7. The highest BCUT2D eigenvalue weighted by Crippen LogP contribution is 2.34. The summed E-state index contributed by atoms with van der Waals surface area (Å²) in [7, 11) is 0. The van der Waals surface area contributed by atoms with Gasteiger partial charge in [-0.25, -0.2) is 0 Å². The fourth-order valence-corrected chi connectivity index (χ4v) is 4.29. The summed E-state index contributed by atoms with van der Waals surface area (Å²) in [4.78, 5) is 28.5. The van der Waals surface area contributed by atoms with E-state index in [1.54, 1.807) is 24.8 Å². The number of hydrogen-bond acceptors (Lipinski definition) is 5. The molecule has 8 nitrogen and oxygen atoms in total. The lowest BCUT2D eigenvalue weighted by Crippen LogP contribution is -2.17. The molecule has 0 fully saturated rings. The monoisotopic (exact) mass is 473 g/mol. The molecule has 6 rings (SSSR count). The second-order valence-corrected chi connectivity index (χ2v) is 9.01. The van der Waals surface area contributed by atoms with E-state index in [9.17, 15) is 4.79 Å². The van der Waals surface area contributed by atoms with Gasteiger partial charge in [-0.1, -0.05) is 19.9 Å². The van der Waals surface area contributed by atoms with Gasteiger partial charge in [0, 0.05) is 52.6 Å². The van der Waals surface area contributed by atoms with E-state index in [1.807, 2.05) is 56.6 Å². The van der Waals surface area contributed by atoms with Crippen molar-refractivity contribution < 1.29 is 4.79 Å². The predicted octanol–water partition coefficient (Wildman–Crippen LogP) is 5.82. The maximum absolute atomic E-state index is 12.1. The number of carbonyl (C=O) groups is 1. The molecule has 0 bridgehead atoms. The molecular weight excluding hydrogens is 450 g/mol. The van der Waals surface area contributed by atoms with E-state index in [4.69, 9.17) is 0 Å². The molecule has 5 aromatic heterocycles. The van der Waals surface area contributed by atoms with Crippen molar-refractivity contribution >= 4 is 33.4 Å². The van der Waals surface area contributed by atoms with Crippen LogP contribution in [0.3, 0.4) is 0 Å². The van der Waals surface area contributed by atoms with Gasteiger partial charge in [-0.15, -0.1) is 0 Å². The Labute approximate surface area is 206 Å². The molecule has 0 unspecified atom stereocenters. The molecule has 1 amide bonds. The number of rotatable bonds is 5. The topological polar surface area (TPSA) is 112 Å². The van der Waals surface area contributed by atoms with Crippen LogP contribution in [0.5, 0.6) is 0 Å². The van der Waals surface area contributed by atoms with E-state index in [-0.39, 0.29) is 11.8 Å². The van der Waals surface area contributed by atoms with Gasteiger partial charge in [0.25, 0.3) is 0 Å². The summed E-state index contributed by atoms with van der Waals surface area (Å²) in [5.41, 5.74) is 8.23. The van der Waals surface area contributed by atoms with Gasteiger partial charge in [-0.05, 0) is 47.5 Å². The first-order valence-corrected chi connectivity index (χ1v) is 11.7. The largest absolute Gasteiger partial charge is 0.352 e. The average molecular weight is 474 g/mol. The molecule has 3 N–H and O–H groups in total. The lowest BCUT2D eigenvalue weighted by molar-refractivity contribution is -0.118. The van der Waals surface area contributed by atoms with Crippen molar-refractivity contribution in [3.8, 4) is 33.6 Å². The van der Waals surface area contributed by atoms with Crippen LogP contribution in [-0.2, 0) is 4.79 Å². The number of hydrogen-bond donors (Lipinski definition) is 3. The SMILES string of the molecule is CC(C)C(=O)Nc1cncc(-c2ccc3[nH]nc(-c4cc5c(-c6ccncc6)cncc5[nH]4)c3c2)c1. The van der Waals surface area contributed by atoms with Crippen molar-refractivity contribution in [1.82, 2.24) is 30.1 Å². The molecule has 36 heavy (non-hydrogen) atoms. The Balaban J connectivity index is 1.41. The Bertz CT molecular complexity index is 1720. The molecular formula is C28H23N7O. The summed E-state index contributed by atoms with van der Waals surface area (Å²) in [6.45, 7) is 3.72. The fourth-order valence-electron chi connectivity index (χ4n) is 4.29. The highest BCUT2D eigenvalue weighted by atomic mass is 16.1. The number of amides is 1. The predicted molar refractivity (Wildman–Crippen MR) is 141 cm³/mol. The van der Waals surface area contributed by atoms with Gasteiger partial charge in [0.2, 0.25) is 5.91 Å². The quantitative estimate of drug-likeness (QED) is 0.292. The molecule has 6 aromatic rings. The van der Waals surface area contributed by atoms with Crippen molar-refractivity contribution in [2.75, 3.05) is 5.32 Å². The molecule has 176 valence electrons.